The van der Waals surface area contributed by atoms with Crippen LogP contribution in [-0.2, 0) is 4.79 Å². The van der Waals surface area contributed by atoms with E-state index in [0.717, 1.165) is 5.57 Å². The molecule has 0 fully saturated rings. The van der Waals surface area contributed by atoms with Crippen molar-refractivity contribution in [2.45, 2.75) is 46.2 Å². The van der Waals surface area contributed by atoms with Crippen molar-refractivity contribution < 1.29 is 4.79 Å². The number of ketones is 1. The number of rotatable bonds is 3. The lowest BCUT2D eigenvalue weighted by Gasteiger charge is -2.12. The lowest BCUT2D eigenvalue weighted by atomic mass is 10.1. The molecule has 3 nitrogen and oxygen atoms in total. The second kappa shape index (κ2) is 4.30. The van der Waals surface area contributed by atoms with E-state index in [4.69, 9.17) is 0 Å². The van der Waals surface area contributed by atoms with E-state index in [2.05, 4.69) is 16.8 Å². The Hall–Kier alpha value is -0.990. The minimum atomic E-state index is -0.473. The Bertz CT molecular complexity index is 222. The van der Waals surface area contributed by atoms with Gasteiger partial charge in [0.15, 0.2) is 5.78 Å². The molecule has 0 aromatic heterocycles. The Balaban J connectivity index is 4.54. The van der Waals surface area contributed by atoms with Crippen molar-refractivity contribution in [2.24, 2.45) is 10.2 Å². The molecule has 0 aromatic carbocycles. The summed E-state index contributed by atoms with van der Waals surface area (Å²) in [5.41, 5.74) is 0.504. The van der Waals surface area contributed by atoms with E-state index >= 15 is 0 Å². The lowest BCUT2D eigenvalue weighted by molar-refractivity contribution is -0.117. The smallest absolute Gasteiger partial charge is 0.160 e. The fourth-order valence-electron chi connectivity index (χ4n) is 0.758. The molecular formula is C10H18N2O. The molecule has 0 amide bonds. The van der Waals surface area contributed by atoms with Gasteiger partial charge in [-0.25, -0.2) is 0 Å². The summed E-state index contributed by atoms with van der Waals surface area (Å²) in [6, 6.07) is -0.473. The SMILES string of the molecule is C=C(C)C(N=NC(C)(C)C)C(C)=O. The third kappa shape index (κ3) is 5.28. The molecule has 0 N–H and O–H groups in total. The van der Waals surface area contributed by atoms with Crippen molar-refractivity contribution in [3.8, 4) is 0 Å². The van der Waals surface area contributed by atoms with Gasteiger partial charge >= 0.3 is 0 Å². The Morgan fingerprint density at radius 2 is 1.77 bits per heavy atom. The van der Waals surface area contributed by atoms with Crippen molar-refractivity contribution in [3.63, 3.8) is 0 Å². The van der Waals surface area contributed by atoms with Gasteiger partial charge in [-0.2, -0.15) is 10.2 Å². The number of nitrogens with zero attached hydrogens (tertiary/aromatic N) is 2. The molecule has 0 heterocycles. The van der Waals surface area contributed by atoms with E-state index in [1.54, 1.807) is 6.92 Å². The molecule has 0 spiro atoms. The third-order valence-corrected chi connectivity index (χ3v) is 1.33. The van der Waals surface area contributed by atoms with Crippen molar-refractivity contribution >= 4 is 5.78 Å². The highest BCUT2D eigenvalue weighted by Gasteiger charge is 2.15. The van der Waals surface area contributed by atoms with Crippen LogP contribution in [0, 0.1) is 0 Å². The summed E-state index contributed by atoms with van der Waals surface area (Å²) in [6.07, 6.45) is 0. The van der Waals surface area contributed by atoms with Gasteiger partial charge in [0.25, 0.3) is 0 Å². The Morgan fingerprint density at radius 3 is 2.00 bits per heavy atom. The molecule has 0 aliphatic heterocycles. The van der Waals surface area contributed by atoms with Crippen LogP contribution in [0.2, 0.25) is 0 Å². The molecule has 13 heavy (non-hydrogen) atoms. The second-order valence-corrected chi connectivity index (χ2v) is 4.25. The minimum Gasteiger partial charge on any atom is -0.297 e. The van der Waals surface area contributed by atoms with Crippen LogP contribution >= 0.6 is 0 Å². The zero-order valence-electron chi connectivity index (χ0n) is 9.09. The van der Waals surface area contributed by atoms with Gasteiger partial charge in [0.1, 0.15) is 6.04 Å². The van der Waals surface area contributed by atoms with Crippen LogP contribution in [0.5, 0.6) is 0 Å². The standard InChI is InChI=1S/C10H18N2O/c1-7(2)9(8(3)13)11-12-10(4,5)6/h9H,1H2,2-6H3. The fourth-order valence-corrected chi connectivity index (χ4v) is 0.758. The number of hydrogen-bond acceptors (Lipinski definition) is 3. The van der Waals surface area contributed by atoms with E-state index < -0.39 is 6.04 Å². The molecule has 0 aliphatic carbocycles. The summed E-state index contributed by atoms with van der Waals surface area (Å²) in [7, 11) is 0. The molecule has 0 radical (unpaired) electrons. The van der Waals surface area contributed by atoms with Crippen LogP contribution in [0.1, 0.15) is 34.6 Å². The van der Waals surface area contributed by atoms with Crippen LogP contribution in [0.25, 0.3) is 0 Å². The van der Waals surface area contributed by atoms with Crippen LogP contribution in [0.4, 0.5) is 0 Å². The first-order chi connectivity index (χ1) is 5.74. The molecule has 0 rings (SSSR count). The van der Waals surface area contributed by atoms with Crippen LogP contribution in [0.3, 0.4) is 0 Å². The highest BCUT2D eigenvalue weighted by atomic mass is 16.1. The summed E-state index contributed by atoms with van der Waals surface area (Å²) in [6.45, 7) is 12.8. The van der Waals surface area contributed by atoms with Gasteiger partial charge in [-0.3, -0.25) is 4.79 Å². The highest BCUT2D eigenvalue weighted by Crippen LogP contribution is 2.12. The molecule has 0 bridgehead atoms. The summed E-state index contributed by atoms with van der Waals surface area (Å²) in [5, 5.41) is 8.01. The van der Waals surface area contributed by atoms with E-state index in [0.29, 0.717) is 0 Å². The molecule has 1 atom stereocenters. The third-order valence-electron chi connectivity index (χ3n) is 1.33. The predicted molar refractivity (Wildman–Crippen MR) is 53.9 cm³/mol. The normalized spacial score (nSPS) is 14.5. The zero-order valence-corrected chi connectivity index (χ0v) is 9.09. The van der Waals surface area contributed by atoms with Crippen LogP contribution in [0.15, 0.2) is 22.4 Å². The maximum Gasteiger partial charge on any atom is 0.160 e. The van der Waals surface area contributed by atoms with Gasteiger partial charge < -0.3 is 0 Å². The predicted octanol–water partition coefficient (Wildman–Crippen LogP) is 2.77. The molecule has 74 valence electrons. The largest absolute Gasteiger partial charge is 0.297 e. The quantitative estimate of drug-likeness (QED) is 0.488. The Kier molecular flexibility index (Phi) is 3.98. The van der Waals surface area contributed by atoms with Gasteiger partial charge in [0.2, 0.25) is 0 Å². The lowest BCUT2D eigenvalue weighted by Crippen LogP contribution is -2.17. The molecule has 0 saturated heterocycles. The minimum absolute atomic E-state index is 0.0134. The van der Waals surface area contributed by atoms with Crippen molar-refractivity contribution in [3.05, 3.63) is 12.2 Å². The van der Waals surface area contributed by atoms with E-state index in [1.807, 2.05) is 20.8 Å². The maximum absolute atomic E-state index is 11.1. The van der Waals surface area contributed by atoms with Crippen molar-refractivity contribution in [1.29, 1.82) is 0 Å². The first kappa shape index (κ1) is 12.0. The first-order valence-electron chi connectivity index (χ1n) is 4.32. The van der Waals surface area contributed by atoms with Gasteiger partial charge in [0, 0.05) is 0 Å². The van der Waals surface area contributed by atoms with E-state index in [9.17, 15) is 4.79 Å². The molecule has 0 saturated carbocycles. The first-order valence-corrected chi connectivity index (χ1v) is 4.32. The Morgan fingerprint density at radius 1 is 1.31 bits per heavy atom. The molecule has 0 aliphatic rings. The summed E-state index contributed by atoms with van der Waals surface area (Å²) < 4.78 is 0. The molecule has 1 unspecified atom stereocenters. The van der Waals surface area contributed by atoms with Crippen molar-refractivity contribution in [1.82, 2.24) is 0 Å². The second-order valence-electron chi connectivity index (χ2n) is 4.25. The zero-order chi connectivity index (χ0) is 10.6. The van der Waals surface area contributed by atoms with E-state index in [-0.39, 0.29) is 11.3 Å². The van der Waals surface area contributed by atoms with Gasteiger partial charge in [-0.05, 0) is 40.2 Å². The summed E-state index contributed by atoms with van der Waals surface area (Å²) >= 11 is 0. The molecule has 3 heteroatoms. The van der Waals surface area contributed by atoms with Gasteiger partial charge in [-0.15, -0.1) is 0 Å². The monoisotopic (exact) mass is 182 g/mol. The summed E-state index contributed by atoms with van der Waals surface area (Å²) in [4.78, 5) is 11.1. The molecular weight excluding hydrogens is 164 g/mol. The number of hydrogen-bond donors (Lipinski definition) is 0. The van der Waals surface area contributed by atoms with Gasteiger partial charge in [0.05, 0.1) is 5.54 Å². The Labute approximate surface area is 79.9 Å². The van der Waals surface area contributed by atoms with Crippen LogP contribution < -0.4 is 0 Å². The number of azo groups is 1. The summed E-state index contributed by atoms with van der Waals surface area (Å²) in [5.74, 6) is -0.0134. The molecule has 0 aromatic rings. The average molecular weight is 182 g/mol. The van der Waals surface area contributed by atoms with E-state index in [1.165, 1.54) is 6.92 Å². The topological polar surface area (TPSA) is 41.8 Å². The maximum atomic E-state index is 11.1. The number of Topliss-reactive ketones (excluding diaryl/α,β-unsaturated/α-hetero) is 1. The van der Waals surface area contributed by atoms with Crippen molar-refractivity contribution in [2.75, 3.05) is 0 Å². The van der Waals surface area contributed by atoms with Gasteiger partial charge in [-0.1, -0.05) is 6.58 Å². The fraction of sp³-hybridized carbons (Fsp3) is 0.700. The average Bonchev–Trinajstić information content (AvgIpc) is 1.82. The van der Waals surface area contributed by atoms with Crippen LogP contribution in [-0.4, -0.2) is 17.4 Å². The number of carbonyl (C=O) groups excluding carboxylic acids is 1. The number of carbonyl (C=O) groups is 1. The highest BCUT2D eigenvalue weighted by molar-refractivity contribution is 5.84.